The highest BCUT2D eigenvalue weighted by Gasteiger charge is 2.18. The molecule has 1 heterocycles. The molecular formula is C18H26N2O. The molecule has 0 radical (unpaired) electrons. The maximum atomic E-state index is 5.26. The summed E-state index contributed by atoms with van der Waals surface area (Å²) < 4.78 is 5.26. The van der Waals surface area contributed by atoms with E-state index in [0.717, 1.165) is 17.9 Å². The van der Waals surface area contributed by atoms with Crippen molar-refractivity contribution in [2.75, 3.05) is 0 Å². The van der Waals surface area contributed by atoms with Crippen LogP contribution in [0.1, 0.15) is 67.4 Å². The minimum atomic E-state index is 0.224. The second-order valence-corrected chi connectivity index (χ2v) is 5.84. The molecule has 0 amide bonds. The van der Waals surface area contributed by atoms with Crippen molar-refractivity contribution >= 4 is 0 Å². The average molecular weight is 286 g/mol. The molecule has 1 N–H and O–H groups in total. The van der Waals surface area contributed by atoms with Gasteiger partial charge in [-0.2, -0.15) is 0 Å². The van der Waals surface area contributed by atoms with Crippen molar-refractivity contribution in [2.45, 2.75) is 59.5 Å². The van der Waals surface area contributed by atoms with Crippen LogP contribution in [0.2, 0.25) is 0 Å². The first-order valence-electron chi connectivity index (χ1n) is 7.80. The van der Waals surface area contributed by atoms with Crippen molar-refractivity contribution in [3.63, 3.8) is 0 Å². The Balaban J connectivity index is 2.05. The Morgan fingerprint density at radius 2 is 1.76 bits per heavy atom. The number of hydrogen-bond donors (Lipinski definition) is 1. The molecule has 3 heteroatoms. The summed E-state index contributed by atoms with van der Waals surface area (Å²) in [7, 11) is 0. The topological polar surface area (TPSA) is 38.1 Å². The van der Waals surface area contributed by atoms with Crippen LogP contribution in [0.4, 0.5) is 0 Å². The largest absolute Gasteiger partial charge is 0.361 e. The Kier molecular flexibility index (Phi) is 5.18. The fourth-order valence-corrected chi connectivity index (χ4v) is 2.92. The van der Waals surface area contributed by atoms with E-state index in [-0.39, 0.29) is 6.04 Å². The van der Waals surface area contributed by atoms with Gasteiger partial charge in [-0.05, 0) is 45.2 Å². The summed E-state index contributed by atoms with van der Waals surface area (Å²) >= 11 is 0. The van der Waals surface area contributed by atoms with E-state index in [2.05, 4.69) is 55.5 Å². The third kappa shape index (κ3) is 3.73. The SMILES string of the molecule is CCCc1ccc(C(C)NC(C)c2c(C)noc2C)cc1. The first-order valence-corrected chi connectivity index (χ1v) is 7.80. The predicted molar refractivity (Wildman–Crippen MR) is 86.4 cm³/mol. The zero-order chi connectivity index (χ0) is 15.4. The molecule has 2 aromatic rings. The van der Waals surface area contributed by atoms with Gasteiger partial charge in [0, 0.05) is 17.6 Å². The van der Waals surface area contributed by atoms with Crippen molar-refractivity contribution < 1.29 is 4.52 Å². The van der Waals surface area contributed by atoms with Gasteiger partial charge >= 0.3 is 0 Å². The summed E-state index contributed by atoms with van der Waals surface area (Å²) in [6.07, 6.45) is 2.34. The average Bonchev–Trinajstić information content (AvgIpc) is 2.79. The molecule has 3 nitrogen and oxygen atoms in total. The Bertz CT molecular complexity index is 552. The van der Waals surface area contributed by atoms with Gasteiger partial charge in [0.25, 0.3) is 0 Å². The zero-order valence-corrected chi connectivity index (χ0v) is 13.7. The van der Waals surface area contributed by atoms with E-state index >= 15 is 0 Å². The Hall–Kier alpha value is -1.61. The molecule has 1 aromatic heterocycles. The van der Waals surface area contributed by atoms with Crippen LogP contribution >= 0.6 is 0 Å². The number of aromatic nitrogens is 1. The molecule has 0 saturated carbocycles. The Labute approximate surface area is 127 Å². The molecule has 1 aromatic carbocycles. The molecule has 114 valence electrons. The van der Waals surface area contributed by atoms with Gasteiger partial charge in [-0.3, -0.25) is 0 Å². The van der Waals surface area contributed by atoms with Crippen molar-refractivity contribution in [3.05, 3.63) is 52.4 Å². The van der Waals surface area contributed by atoms with Gasteiger partial charge in [-0.15, -0.1) is 0 Å². The van der Waals surface area contributed by atoms with E-state index < -0.39 is 0 Å². The number of nitrogens with one attached hydrogen (secondary N) is 1. The Morgan fingerprint density at radius 3 is 2.29 bits per heavy atom. The van der Waals surface area contributed by atoms with Gasteiger partial charge in [-0.1, -0.05) is 42.8 Å². The van der Waals surface area contributed by atoms with Crippen LogP contribution in [-0.4, -0.2) is 5.16 Å². The van der Waals surface area contributed by atoms with Crippen molar-refractivity contribution in [1.82, 2.24) is 10.5 Å². The van der Waals surface area contributed by atoms with Crippen molar-refractivity contribution in [2.24, 2.45) is 0 Å². The normalized spacial score (nSPS) is 14.1. The molecule has 2 unspecified atom stereocenters. The van der Waals surface area contributed by atoms with Crippen LogP contribution in [0.3, 0.4) is 0 Å². The van der Waals surface area contributed by atoms with Crippen molar-refractivity contribution in [3.8, 4) is 0 Å². The molecule has 0 aliphatic carbocycles. The first-order chi connectivity index (χ1) is 10.0. The van der Waals surface area contributed by atoms with E-state index in [0.29, 0.717) is 6.04 Å². The van der Waals surface area contributed by atoms with Gasteiger partial charge in [0.1, 0.15) is 5.76 Å². The number of rotatable bonds is 6. The summed E-state index contributed by atoms with van der Waals surface area (Å²) in [4.78, 5) is 0. The van der Waals surface area contributed by atoms with E-state index in [9.17, 15) is 0 Å². The molecular weight excluding hydrogens is 260 g/mol. The second-order valence-electron chi connectivity index (χ2n) is 5.84. The van der Waals surface area contributed by atoms with Crippen LogP contribution in [0.5, 0.6) is 0 Å². The fraction of sp³-hybridized carbons (Fsp3) is 0.500. The lowest BCUT2D eigenvalue weighted by molar-refractivity contribution is 0.389. The van der Waals surface area contributed by atoms with E-state index in [1.54, 1.807) is 0 Å². The monoisotopic (exact) mass is 286 g/mol. The predicted octanol–water partition coefficient (Wildman–Crippen LogP) is 4.66. The van der Waals surface area contributed by atoms with E-state index in [4.69, 9.17) is 4.52 Å². The highest BCUT2D eigenvalue weighted by atomic mass is 16.5. The van der Waals surface area contributed by atoms with Crippen LogP contribution in [0.25, 0.3) is 0 Å². The number of aryl methyl sites for hydroxylation is 3. The van der Waals surface area contributed by atoms with Gasteiger partial charge in [-0.25, -0.2) is 0 Å². The maximum Gasteiger partial charge on any atom is 0.138 e. The molecule has 0 aliphatic rings. The number of hydrogen-bond acceptors (Lipinski definition) is 3. The number of nitrogens with zero attached hydrogens (tertiary/aromatic N) is 1. The third-order valence-electron chi connectivity index (χ3n) is 4.04. The molecule has 0 fully saturated rings. The first kappa shape index (κ1) is 15.8. The van der Waals surface area contributed by atoms with Crippen molar-refractivity contribution in [1.29, 1.82) is 0 Å². The molecule has 0 saturated heterocycles. The number of benzene rings is 1. The maximum absolute atomic E-state index is 5.26. The van der Waals surface area contributed by atoms with Crippen LogP contribution in [0.15, 0.2) is 28.8 Å². The smallest absolute Gasteiger partial charge is 0.138 e. The van der Waals surface area contributed by atoms with Gasteiger partial charge in [0.15, 0.2) is 0 Å². The molecule has 0 bridgehead atoms. The standard InChI is InChI=1S/C18H26N2O/c1-6-7-16-8-10-17(11-9-16)12(2)19-13(3)18-14(4)20-21-15(18)5/h8-13,19H,6-7H2,1-5H3. The molecule has 2 rings (SSSR count). The minimum absolute atomic E-state index is 0.224. The minimum Gasteiger partial charge on any atom is -0.361 e. The molecule has 21 heavy (non-hydrogen) atoms. The summed E-state index contributed by atoms with van der Waals surface area (Å²) in [5, 5.41) is 7.67. The summed E-state index contributed by atoms with van der Waals surface area (Å²) in [5.74, 6) is 0.901. The summed E-state index contributed by atoms with van der Waals surface area (Å²) in [5.41, 5.74) is 4.86. The lowest BCUT2D eigenvalue weighted by Crippen LogP contribution is -2.23. The summed E-state index contributed by atoms with van der Waals surface area (Å²) in [6.45, 7) is 10.5. The van der Waals surface area contributed by atoms with Crippen LogP contribution in [0, 0.1) is 13.8 Å². The lowest BCUT2D eigenvalue weighted by Gasteiger charge is -2.20. The third-order valence-corrected chi connectivity index (χ3v) is 4.04. The van der Waals surface area contributed by atoms with Gasteiger partial charge < -0.3 is 9.84 Å². The highest BCUT2D eigenvalue weighted by molar-refractivity contribution is 5.27. The fourth-order valence-electron chi connectivity index (χ4n) is 2.92. The lowest BCUT2D eigenvalue weighted by atomic mass is 10.0. The molecule has 0 spiro atoms. The van der Waals surface area contributed by atoms with Crippen LogP contribution in [-0.2, 0) is 6.42 Å². The van der Waals surface area contributed by atoms with Gasteiger partial charge in [0.05, 0.1) is 5.69 Å². The van der Waals surface area contributed by atoms with E-state index in [1.165, 1.54) is 23.1 Å². The quantitative estimate of drug-likeness (QED) is 0.839. The molecule has 0 aliphatic heterocycles. The van der Waals surface area contributed by atoms with E-state index in [1.807, 2.05) is 13.8 Å². The zero-order valence-electron chi connectivity index (χ0n) is 13.7. The van der Waals surface area contributed by atoms with Crippen LogP contribution < -0.4 is 5.32 Å². The highest BCUT2D eigenvalue weighted by Crippen LogP contribution is 2.24. The molecule has 2 atom stereocenters. The summed E-state index contributed by atoms with van der Waals surface area (Å²) in [6, 6.07) is 9.44. The second kappa shape index (κ2) is 6.90. The Morgan fingerprint density at radius 1 is 1.10 bits per heavy atom. The van der Waals surface area contributed by atoms with Gasteiger partial charge in [0.2, 0.25) is 0 Å².